The zero-order valence-electron chi connectivity index (χ0n) is 13.1. The number of fused-ring (bicyclic) bond motifs is 1. The summed E-state index contributed by atoms with van der Waals surface area (Å²) in [5.74, 6) is -1.17. The molecule has 1 N–H and O–H groups in total. The molecule has 1 aliphatic heterocycles. The van der Waals surface area contributed by atoms with E-state index < -0.39 is 11.8 Å². The molecule has 6 heteroatoms. The van der Waals surface area contributed by atoms with E-state index in [1.807, 2.05) is 24.5 Å². The predicted molar refractivity (Wildman–Crippen MR) is 93.0 cm³/mol. The van der Waals surface area contributed by atoms with Crippen molar-refractivity contribution in [3.8, 4) is 0 Å². The summed E-state index contributed by atoms with van der Waals surface area (Å²) in [6, 6.07) is 14.4. The Balaban J connectivity index is 1.72. The van der Waals surface area contributed by atoms with Gasteiger partial charge in [-0.25, -0.2) is 0 Å². The average molecular weight is 340 g/mol. The SMILES string of the molecule is CSc1cccc(NC(=O)CN2C(=O)Cc3ccccc3C2=O)c1. The Bertz CT molecular complexity index is 819. The second-order valence-corrected chi connectivity index (χ2v) is 6.28. The van der Waals surface area contributed by atoms with Crippen LogP contribution in [-0.4, -0.2) is 35.4 Å². The molecule has 5 nitrogen and oxygen atoms in total. The maximum atomic E-state index is 12.4. The lowest BCUT2D eigenvalue weighted by Gasteiger charge is -2.26. The van der Waals surface area contributed by atoms with E-state index in [9.17, 15) is 14.4 Å². The van der Waals surface area contributed by atoms with Crippen molar-refractivity contribution in [2.45, 2.75) is 11.3 Å². The molecule has 122 valence electrons. The molecule has 0 radical (unpaired) electrons. The van der Waals surface area contributed by atoms with Gasteiger partial charge in [0.15, 0.2) is 0 Å². The zero-order valence-corrected chi connectivity index (χ0v) is 13.9. The van der Waals surface area contributed by atoms with Gasteiger partial charge in [0, 0.05) is 16.1 Å². The molecule has 0 aliphatic carbocycles. The van der Waals surface area contributed by atoms with Crippen LogP contribution in [0.2, 0.25) is 0 Å². The third kappa shape index (κ3) is 3.33. The fraction of sp³-hybridized carbons (Fsp3) is 0.167. The van der Waals surface area contributed by atoms with Gasteiger partial charge in [0.2, 0.25) is 11.8 Å². The second-order valence-electron chi connectivity index (χ2n) is 5.40. The van der Waals surface area contributed by atoms with Gasteiger partial charge in [-0.15, -0.1) is 11.8 Å². The maximum Gasteiger partial charge on any atom is 0.261 e. The first-order chi connectivity index (χ1) is 11.6. The van der Waals surface area contributed by atoms with Crippen LogP contribution in [0, 0.1) is 0 Å². The zero-order chi connectivity index (χ0) is 17.1. The minimum absolute atomic E-state index is 0.136. The summed E-state index contributed by atoms with van der Waals surface area (Å²) in [5.41, 5.74) is 1.83. The first-order valence-electron chi connectivity index (χ1n) is 7.45. The Labute approximate surface area is 144 Å². The quantitative estimate of drug-likeness (QED) is 0.686. The van der Waals surface area contributed by atoms with Gasteiger partial charge in [-0.2, -0.15) is 0 Å². The summed E-state index contributed by atoms with van der Waals surface area (Å²) in [6.45, 7) is -0.282. The molecule has 0 unspecified atom stereocenters. The lowest BCUT2D eigenvalue weighted by molar-refractivity contribution is -0.131. The van der Waals surface area contributed by atoms with Crippen molar-refractivity contribution in [1.29, 1.82) is 0 Å². The molecule has 3 rings (SSSR count). The Morgan fingerprint density at radius 3 is 2.75 bits per heavy atom. The number of thioether (sulfide) groups is 1. The molecule has 1 heterocycles. The van der Waals surface area contributed by atoms with Gasteiger partial charge >= 0.3 is 0 Å². The fourth-order valence-electron chi connectivity index (χ4n) is 2.61. The molecule has 2 aromatic carbocycles. The molecule has 0 atom stereocenters. The van der Waals surface area contributed by atoms with Crippen LogP contribution in [0.5, 0.6) is 0 Å². The van der Waals surface area contributed by atoms with Crippen molar-refractivity contribution < 1.29 is 14.4 Å². The number of carbonyl (C=O) groups excluding carboxylic acids is 3. The number of nitrogens with one attached hydrogen (secondary N) is 1. The summed E-state index contributed by atoms with van der Waals surface area (Å²) in [7, 11) is 0. The van der Waals surface area contributed by atoms with Crippen LogP contribution < -0.4 is 5.32 Å². The number of anilines is 1. The standard InChI is InChI=1S/C18H16N2O3S/c1-24-14-7-4-6-13(10-14)19-16(21)11-20-17(22)9-12-5-2-3-8-15(12)18(20)23/h2-8,10H,9,11H2,1H3,(H,19,21). The van der Waals surface area contributed by atoms with E-state index in [1.165, 1.54) is 0 Å². The minimum Gasteiger partial charge on any atom is -0.324 e. The fourth-order valence-corrected chi connectivity index (χ4v) is 3.06. The number of hydrogen-bond acceptors (Lipinski definition) is 4. The van der Waals surface area contributed by atoms with Crippen molar-refractivity contribution >= 4 is 35.2 Å². The van der Waals surface area contributed by atoms with Crippen LogP contribution in [-0.2, 0) is 16.0 Å². The lowest BCUT2D eigenvalue weighted by atomic mass is 9.98. The van der Waals surface area contributed by atoms with Crippen LogP contribution in [0.4, 0.5) is 5.69 Å². The molecule has 1 aliphatic rings. The average Bonchev–Trinajstić information content (AvgIpc) is 2.59. The van der Waals surface area contributed by atoms with Crippen molar-refractivity contribution in [2.24, 2.45) is 0 Å². The number of nitrogens with zero attached hydrogens (tertiary/aromatic N) is 1. The Morgan fingerprint density at radius 2 is 1.96 bits per heavy atom. The first kappa shape index (κ1) is 16.3. The highest BCUT2D eigenvalue weighted by Gasteiger charge is 2.31. The Kier molecular flexibility index (Phi) is 4.66. The second kappa shape index (κ2) is 6.88. The molecule has 0 saturated carbocycles. The van der Waals surface area contributed by atoms with Gasteiger partial charge in [-0.3, -0.25) is 19.3 Å². The van der Waals surface area contributed by atoms with E-state index in [2.05, 4.69) is 5.32 Å². The van der Waals surface area contributed by atoms with E-state index in [4.69, 9.17) is 0 Å². The number of benzene rings is 2. The number of imide groups is 1. The molecule has 24 heavy (non-hydrogen) atoms. The minimum atomic E-state index is -0.421. The summed E-state index contributed by atoms with van der Waals surface area (Å²) in [6.07, 6.45) is 2.08. The lowest BCUT2D eigenvalue weighted by Crippen LogP contribution is -2.46. The van der Waals surface area contributed by atoms with Gasteiger partial charge in [0.1, 0.15) is 6.54 Å². The molecular weight excluding hydrogens is 324 g/mol. The van der Waals surface area contributed by atoms with Crippen molar-refractivity contribution in [2.75, 3.05) is 18.1 Å². The maximum absolute atomic E-state index is 12.4. The molecule has 2 aromatic rings. The van der Waals surface area contributed by atoms with Crippen molar-refractivity contribution in [3.05, 3.63) is 59.7 Å². The highest BCUT2D eigenvalue weighted by Crippen LogP contribution is 2.21. The van der Waals surface area contributed by atoms with Crippen LogP contribution in [0.1, 0.15) is 15.9 Å². The molecular formula is C18H16N2O3S. The van der Waals surface area contributed by atoms with Crippen LogP contribution in [0.3, 0.4) is 0 Å². The Morgan fingerprint density at radius 1 is 1.17 bits per heavy atom. The van der Waals surface area contributed by atoms with Gasteiger partial charge in [0.25, 0.3) is 5.91 Å². The first-order valence-corrected chi connectivity index (χ1v) is 8.67. The number of hydrogen-bond donors (Lipinski definition) is 1. The largest absolute Gasteiger partial charge is 0.324 e. The number of amides is 3. The van der Waals surface area contributed by atoms with E-state index in [0.29, 0.717) is 16.8 Å². The van der Waals surface area contributed by atoms with Gasteiger partial charge in [0.05, 0.1) is 6.42 Å². The van der Waals surface area contributed by atoms with Crippen LogP contribution in [0.15, 0.2) is 53.4 Å². The molecule has 0 saturated heterocycles. The highest BCUT2D eigenvalue weighted by molar-refractivity contribution is 7.98. The molecule has 0 aromatic heterocycles. The monoisotopic (exact) mass is 340 g/mol. The van der Waals surface area contributed by atoms with Crippen LogP contribution in [0.25, 0.3) is 0 Å². The van der Waals surface area contributed by atoms with Crippen molar-refractivity contribution in [1.82, 2.24) is 4.90 Å². The smallest absolute Gasteiger partial charge is 0.261 e. The van der Waals surface area contributed by atoms with Crippen LogP contribution >= 0.6 is 11.8 Å². The summed E-state index contributed by atoms with van der Waals surface area (Å²) < 4.78 is 0. The molecule has 0 spiro atoms. The number of carbonyl (C=O) groups is 3. The van der Waals surface area contributed by atoms with Gasteiger partial charge < -0.3 is 5.32 Å². The molecule has 0 fully saturated rings. The summed E-state index contributed by atoms with van der Waals surface area (Å²) in [4.78, 5) is 38.9. The van der Waals surface area contributed by atoms with Gasteiger partial charge in [-0.05, 0) is 36.1 Å². The highest BCUT2D eigenvalue weighted by atomic mass is 32.2. The topological polar surface area (TPSA) is 66.5 Å². The Hall–Kier alpha value is -2.60. The molecule has 3 amide bonds. The van der Waals surface area contributed by atoms with E-state index >= 15 is 0 Å². The van der Waals surface area contributed by atoms with Crippen molar-refractivity contribution in [3.63, 3.8) is 0 Å². The summed E-state index contributed by atoms with van der Waals surface area (Å²) in [5, 5.41) is 2.73. The normalized spacial score (nSPS) is 13.6. The van der Waals surface area contributed by atoms with E-state index in [1.54, 1.807) is 42.1 Å². The third-order valence-corrected chi connectivity index (χ3v) is 4.52. The molecule has 0 bridgehead atoms. The third-order valence-electron chi connectivity index (χ3n) is 3.79. The predicted octanol–water partition coefficient (Wildman–Crippen LogP) is 2.57. The van der Waals surface area contributed by atoms with E-state index in [-0.39, 0.29) is 18.9 Å². The van der Waals surface area contributed by atoms with E-state index in [0.717, 1.165) is 9.80 Å². The number of rotatable bonds is 4. The summed E-state index contributed by atoms with van der Waals surface area (Å²) >= 11 is 1.57. The van der Waals surface area contributed by atoms with Gasteiger partial charge in [-0.1, -0.05) is 24.3 Å².